The summed E-state index contributed by atoms with van der Waals surface area (Å²) in [7, 11) is 0. The molecule has 3 heteroatoms. The van der Waals surface area contributed by atoms with Crippen LogP contribution in [-0.4, -0.2) is 10.8 Å². The monoisotopic (exact) mass is 287 g/mol. The first-order chi connectivity index (χ1) is 10.8. The summed E-state index contributed by atoms with van der Waals surface area (Å²) in [5, 5.41) is 0.905. The van der Waals surface area contributed by atoms with E-state index in [2.05, 4.69) is 4.98 Å². The molecule has 0 atom stereocenters. The fraction of sp³-hybridized carbons (Fsp3) is 0. The Bertz CT molecular complexity index is 948. The van der Waals surface area contributed by atoms with E-state index < -0.39 is 0 Å². The van der Waals surface area contributed by atoms with E-state index in [1.54, 1.807) is 12.5 Å². The molecule has 2 aromatic heterocycles. The van der Waals surface area contributed by atoms with Gasteiger partial charge in [-0.25, -0.2) is 0 Å². The largest absolute Gasteiger partial charge is 0.460 e. The molecule has 0 aliphatic rings. The Kier molecular flexibility index (Phi) is 2.90. The number of aromatic nitrogens is 1. The molecule has 0 amide bonds. The highest BCUT2D eigenvalue weighted by Crippen LogP contribution is 2.29. The Hall–Kier alpha value is -3.07. The van der Waals surface area contributed by atoms with Crippen LogP contribution in [0.25, 0.3) is 22.0 Å². The van der Waals surface area contributed by atoms with Crippen LogP contribution in [-0.2, 0) is 0 Å². The van der Waals surface area contributed by atoms with E-state index in [-0.39, 0.29) is 5.78 Å². The standard InChI is InChI=1S/C19H13NO2/c21-18(16-12-20-17-9-5-4-8-15(16)17)19-14(10-11-22-19)13-6-2-1-3-7-13/h1-12,20H. The van der Waals surface area contributed by atoms with E-state index in [0.29, 0.717) is 11.3 Å². The first-order valence-corrected chi connectivity index (χ1v) is 7.08. The summed E-state index contributed by atoms with van der Waals surface area (Å²) in [5.74, 6) is 0.261. The molecule has 4 aromatic rings. The second kappa shape index (κ2) is 5.04. The molecule has 0 radical (unpaired) electrons. The van der Waals surface area contributed by atoms with E-state index >= 15 is 0 Å². The Morgan fingerprint density at radius 1 is 0.909 bits per heavy atom. The molecule has 4 rings (SSSR count). The predicted molar refractivity (Wildman–Crippen MR) is 85.9 cm³/mol. The average Bonchev–Trinajstić information content (AvgIpc) is 3.22. The summed E-state index contributed by atoms with van der Waals surface area (Å²) in [6.07, 6.45) is 3.30. The van der Waals surface area contributed by atoms with Gasteiger partial charge in [0, 0.05) is 22.7 Å². The Morgan fingerprint density at radius 3 is 2.55 bits per heavy atom. The van der Waals surface area contributed by atoms with Crippen LogP contribution in [0.15, 0.2) is 77.5 Å². The van der Waals surface area contributed by atoms with Crippen LogP contribution in [0.2, 0.25) is 0 Å². The maximum Gasteiger partial charge on any atom is 0.230 e. The number of carbonyl (C=O) groups is 1. The van der Waals surface area contributed by atoms with Gasteiger partial charge in [-0.3, -0.25) is 4.79 Å². The molecular formula is C19H13NO2. The number of nitrogens with one attached hydrogen (secondary N) is 1. The van der Waals surface area contributed by atoms with E-state index in [1.165, 1.54) is 0 Å². The number of rotatable bonds is 3. The fourth-order valence-corrected chi connectivity index (χ4v) is 2.71. The fourth-order valence-electron chi connectivity index (χ4n) is 2.71. The third-order valence-electron chi connectivity index (χ3n) is 3.79. The highest BCUT2D eigenvalue weighted by atomic mass is 16.3. The minimum Gasteiger partial charge on any atom is -0.460 e. The van der Waals surface area contributed by atoms with E-state index in [0.717, 1.165) is 22.0 Å². The van der Waals surface area contributed by atoms with Gasteiger partial charge in [0.25, 0.3) is 0 Å². The van der Waals surface area contributed by atoms with Crippen molar-refractivity contribution in [2.45, 2.75) is 0 Å². The predicted octanol–water partition coefficient (Wildman–Crippen LogP) is 4.66. The number of fused-ring (bicyclic) bond motifs is 1. The number of H-pyrrole nitrogens is 1. The Labute approximate surface area is 127 Å². The topological polar surface area (TPSA) is 46.0 Å². The number of aromatic amines is 1. The Morgan fingerprint density at radius 2 is 1.68 bits per heavy atom. The van der Waals surface area contributed by atoms with Gasteiger partial charge >= 0.3 is 0 Å². The minimum atomic E-state index is -0.110. The SMILES string of the molecule is O=C(c1occc1-c1ccccc1)c1c[nH]c2ccccc12. The van der Waals surface area contributed by atoms with Crippen molar-refractivity contribution < 1.29 is 9.21 Å². The van der Waals surface area contributed by atoms with Crippen molar-refractivity contribution in [2.75, 3.05) is 0 Å². The van der Waals surface area contributed by atoms with Crippen LogP contribution in [0.1, 0.15) is 16.1 Å². The lowest BCUT2D eigenvalue weighted by molar-refractivity contribution is 0.101. The highest BCUT2D eigenvalue weighted by Gasteiger charge is 2.21. The number of para-hydroxylation sites is 1. The average molecular weight is 287 g/mol. The van der Waals surface area contributed by atoms with Crippen molar-refractivity contribution in [3.8, 4) is 11.1 Å². The molecule has 0 fully saturated rings. The molecule has 2 heterocycles. The Balaban J connectivity index is 1.83. The molecule has 0 saturated heterocycles. The molecule has 22 heavy (non-hydrogen) atoms. The zero-order valence-electron chi connectivity index (χ0n) is 11.7. The van der Waals surface area contributed by atoms with Gasteiger partial charge in [0.05, 0.1) is 11.8 Å². The molecule has 0 bridgehead atoms. The normalized spacial score (nSPS) is 10.9. The molecule has 0 saturated carbocycles. The number of ketones is 1. The lowest BCUT2D eigenvalue weighted by atomic mass is 10.0. The lowest BCUT2D eigenvalue weighted by Gasteiger charge is -2.02. The summed E-state index contributed by atoms with van der Waals surface area (Å²) in [4.78, 5) is 16.0. The van der Waals surface area contributed by atoms with Gasteiger partial charge in [-0.1, -0.05) is 48.5 Å². The summed E-state index contributed by atoms with van der Waals surface area (Å²) in [5.41, 5.74) is 3.36. The van der Waals surface area contributed by atoms with Crippen molar-refractivity contribution in [1.29, 1.82) is 0 Å². The van der Waals surface area contributed by atoms with Gasteiger partial charge in [-0.15, -0.1) is 0 Å². The van der Waals surface area contributed by atoms with Crippen LogP contribution in [0.4, 0.5) is 0 Å². The van der Waals surface area contributed by atoms with Crippen LogP contribution in [0, 0.1) is 0 Å². The van der Waals surface area contributed by atoms with Gasteiger partial charge in [-0.2, -0.15) is 0 Å². The number of furan rings is 1. The second-order valence-corrected chi connectivity index (χ2v) is 5.11. The van der Waals surface area contributed by atoms with Gasteiger partial charge in [0.1, 0.15) is 0 Å². The van der Waals surface area contributed by atoms with Crippen molar-refractivity contribution in [3.05, 3.63) is 84.4 Å². The van der Waals surface area contributed by atoms with Crippen LogP contribution in [0.3, 0.4) is 0 Å². The maximum atomic E-state index is 12.9. The van der Waals surface area contributed by atoms with Crippen molar-refractivity contribution in [2.24, 2.45) is 0 Å². The summed E-state index contributed by atoms with van der Waals surface area (Å²) in [6, 6.07) is 19.4. The van der Waals surface area contributed by atoms with E-state index in [9.17, 15) is 4.79 Å². The number of carbonyl (C=O) groups excluding carboxylic acids is 1. The third-order valence-corrected chi connectivity index (χ3v) is 3.79. The van der Waals surface area contributed by atoms with Gasteiger partial charge < -0.3 is 9.40 Å². The first kappa shape index (κ1) is 12.7. The minimum absolute atomic E-state index is 0.110. The second-order valence-electron chi connectivity index (χ2n) is 5.11. The van der Waals surface area contributed by atoms with Crippen LogP contribution >= 0.6 is 0 Å². The van der Waals surface area contributed by atoms with Crippen LogP contribution < -0.4 is 0 Å². The molecule has 3 nitrogen and oxygen atoms in total. The van der Waals surface area contributed by atoms with Crippen molar-refractivity contribution >= 4 is 16.7 Å². The third kappa shape index (κ3) is 1.95. The molecule has 0 aliphatic carbocycles. The summed E-state index contributed by atoms with van der Waals surface area (Å²) < 4.78 is 5.49. The van der Waals surface area contributed by atoms with Crippen LogP contribution in [0.5, 0.6) is 0 Å². The number of benzene rings is 2. The van der Waals surface area contributed by atoms with E-state index in [4.69, 9.17) is 4.42 Å². The molecule has 0 spiro atoms. The maximum absolute atomic E-state index is 12.9. The quantitative estimate of drug-likeness (QED) is 0.557. The molecule has 2 aromatic carbocycles. The van der Waals surface area contributed by atoms with Crippen molar-refractivity contribution in [1.82, 2.24) is 4.98 Å². The van der Waals surface area contributed by atoms with Gasteiger partial charge in [0.15, 0.2) is 5.76 Å². The number of hydrogen-bond acceptors (Lipinski definition) is 2. The van der Waals surface area contributed by atoms with Gasteiger partial charge in [-0.05, 0) is 17.7 Å². The molecule has 106 valence electrons. The molecule has 0 unspecified atom stereocenters. The summed E-state index contributed by atoms with van der Waals surface area (Å²) in [6.45, 7) is 0. The lowest BCUT2D eigenvalue weighted by Crippen LogP contribution is -2.00. The highest BCUT2D eigenvalue weighted by molar-refractivity contribution is 6.17. The van der Waals surface area contributed by atoms with Gasteiger partial charge in [0.2, 0.25) is 5.78 Å². The van der Waals surface area contributed by atoms with Crippen molar-refractivity contribution in [3.63, 3.8) is 0 Å². The smallest absolute Gasteiger partial charge is 0.230 e. The molecular weight excluding hydrogens is 274 g/mol. The first-order valence-electron chi connectivity index (χ1n) is 7.08. The molecule has 1 N–H and O–H groups in total. The zero-order valence-corrected chi connectivity index (χ0v) is 11.7. The zero-order chi connectivity index (χ0) is 14.9. The van der Waals surface area contributed by atoms with E-state index in [1.807, 2.05) is 60.7 Å². The summed E-state index contributed by atoms with van der Waals surface area (Å²) >= 11 is 0. The molecule has 0 aliphatic heterocycles. The number of hydrogen-bond donors (Lipinski definition) is 1.